The molecule has 1 amide bonds. The third-order valence-electron chi connectivity index (χ3n) is 3.93. The van der Waals surface area contributed by atoms with Crippen molar-refractivity contribution in [1.29, 1.82) is 0 Å². The maximum Gasteiger partial charge on any atom is 0.318 e. The SMILES string of the molecule is O=C(N/N=C\c1cccc(Oc2ccc([N+](=O)[O-])cc2[N+](=O)[O-])c1)c1ccccc1Br. The average molecular weight is 485 g/mol. The smallest absolute Gasteiger partial charge is 0.318 e. The number of carbonyl (C=O) groups excluding carboxylic acids is 1. The lowest BCUT2D eigenvalue weighted by Gasteiger charge is -2.07. The molecule has 11 heteroatoms. The highest BCUT2D eigenvalue weighted by atomic mass is 79.9. The van der Waals surface area contributed by atoms with Crippen LogP contribution in [0.2, 0.25) is 0 Å². The van der Waals surface area contributed by atoms with Crippen molar-refractivity contribution in [3.05, 3.63) is 103 Å². The Labute approximate surface area is 183 Å². The molecule has 0 saturated heterocycles. The maximum atomic E-state index is 12.1. The number of nitro benzene ring substituents is 2. The number of ether oxygens (including phenoxy) is 1. The Bertz CT molecular complexity index is 1200. The van der Waals surface area contributed by atoms with Gasteiger partial charge in [0.05, 0.1) is 27.7 Å². The number of nitrogens with zero attached hydrogens (tertiary/aromatic N) is 3. The first-order chi connectivity index (χ1) is 14.8. The molecule has 0 heterocycles. The molecule has 0 spiro atoms. The summed E-state index contributed by atoms with van der Waals surface area (Å²) in [6.45, 7) is 0. The van der Waals surface area contributed by atoms with Crippen LogP contribution in [0.1, 0.15) is 15.9 Å². The monoisotopic (exact) mass is 484 g/mol. The van der Waals surface area contributed by atoms with Crippen LogP contribution in [0.4, 0.5) is 11.4 Å². The molecule has 3 aromatic carbocycles. The highest BCUT2D eigenvalue weighted by molar-refractivity contribution is 9.10. The highest BCUT2D eigenvalue weighted by Gasteiger charge is 2.21. The molecule has 3 rings (SSSR count). The van der Waals surface area contributed by atoms with Crippen LogP contribution in [0.15, 0.2) is 76.3 Å². The zero-order chi connectivity index (χ0) is 22.4. The Hall–Kier alpha value is -4.12. The van der Waals surface area contributed by atoms with Crippen molar-refractivity contribution in [3.63, 3.8) is 0 Å². The predicted molar refractivity (Wildman–Crippen MR) is 115 cm³/mol. The van der Waals surface area contributed by atoms with Gasteiger partial charge in [0.25, 0.3) is 11.6 Å². The van der Waals surface area contributed by atoms with E-state index in [0.717, 1.165) is 18.2 Å². The van der Waals surface area contributed by atoms with Crippen LogP contribution in [0, 0.1) is 20.2 Å². The number of carbonyl (C=O) groups is 1. The van der Waals surface area contributed by atoms with E-state index in [4.69, 9.17) is 4.74 Å². The van der Waals surface area contributed by atoms with Crippen molar-refractivity contribution in [2.75, 3.05) is 0 Å². The normalized spacial score (nSPS) is 10.6. The number of hydrazone groups is 1. The molecule has 0 radical (unpaired) electrons. The van der Waals surface area contributed by atoms with Gasteiger partial charge in [-0.05, 0) is 51.8 Å². The van der Waals surface area contributed by atoms with E-state index in [0.29, 0.717) is 15.6 Å². The highest BCUT2D eigenvalue weighted by Crippen LogP contribution is 2.34. The van der Waals surface area contributed by atoms with Gasteiger partial charge in [0.1, 0.15) is 5.75 Å². The Balaban J connectivity index is 1.74. The number of hydrogen-bond acceptors (Lipinski definition) is 7. The van der Waals surface area contributed by atoms with Crippen molar-refractivity contribution < 1.29 is 19.4 Å². The van der Waals surface area contributed by atoms with Crippen molar-refractivity contribution >= 4 is 39.4 Å². The molecule has 0 aliphatic carbocycles. The summed E-state index contributed by atoms with van der Waals surface area (Å²) in [6.07, 6.45) is 1.38. The minimum absolute atomic E-state index is 0.146. The van der Waals surface area contributed by atoms with Crippen molar-refractivity contribution in [2.24, 2.45) is 5.10 Å². The van der Waals surface area contributed by atoms with Crippen molar-refractivity contribution in [2.45, 2.75) is 0 Å². The van der Waals surface area contributed by atoms with Crippen LogP contribution in [0.3, 0.4) is 0 Å². The van der Waals surface area contributed by atoms with E-state index >= 15 is 0 Å². The molecule has 0 aliphatic rings. The van der Waals surface area contributed by atoms with Gasteiger partial charge in [-0.25, -0.2) is 5.43 Å². The predicted octanol–water partition coefficient (Wildman–Crippen LogP) is 4.82. The van der Waals surface area contributed by atoms with E-state index in [1.807, 2.05) is 0 Å². The second-order valence-electron chi connectivity index (χ2n) is 6.02. The van der Waals surface area contributed by atoms with E-state index in [1.54, 1.807) is 48.5 Å². The van der Waals surface area contributed by atoms with Gasteiger partial charge in [0.2, 0.25) is 5.75 Å². The number of non-ortho nitro benzene ring substituents is 1. The zero-order valence-electron chi connectivity index (χ0n) is 15.6. The van der Waals surface area contributed by atoms with Gasteiger partial charge in [-0.2, -0.15) is 5.10 Å². The van der Waals surface area contributed by atoms with E-state index in [1.165, 1.54) is 6.21 Å². The molecule has 0 fully saturated rings. The van der Waals surface area contributed by atoms with Gasteiger partial charge < -0.3 is 4.74 Å². The summed E-state index contributed by atoms with van der Waals surface area (Å²) in [7, 11) is 0. The molecule has 0 bridgehead atoms. The Kier molecular flexibility index (Phi) is 6.67. The molecule has 0 saturated carbocycles. The first-order valence-electron chi connectivity index (χ1n) is 8.64. The maximum absolute atomic E-state index is 12.1. The fraction of sp³-hybridized carbons (Fsp3) is 0. The van der Waals surface area contributed by atoms with Crippen LogP contribution in [-0.2, 0) is 0 Å². The topological polar surface area (TPSA) is 137 Å². The molecule has 0 atom stereocenters. The number of halogens is 1. The van der Waals surface area contributed by atoms with Crippen LogP contribution in [-0.4, -0.2) is 22.0 Å². The summed E-state index contributed by atoms with van der Waals surface area (Å²) in [4.78, 5) is 32.7. The average Bonchev–Trinajstić information content (AvgIpc) is 2.74. The molecule has 31 heavy (non-hydrogen) atoms. The first kappa shape index (κ1) is 21.6. The molecule has 156 valence electrons. The lowest BCUT2D eigenvalue weighted by molar-refractivity contribution is -0.394. The van der Waals surface area contributed by atoms with E-state index in [9.17, 15) is 25.0 Å². The van der Waals surface area contributed by atoms with E-state index in [-0.39, 0.29) is 11.5 Å². The van der Waals surface area contributed by atoms with Gasteiger partial charge in [-0.3, -0.25) is 25.0 Å². The summed E-state index contributed by atoms with van der Waals surface area (Å²) in [6, 6.07) is 16.4. The second-order valence-corrected chi connectivity index (χ2v) is 6.87. The van der Waals surface area contributed by atoms with Crippen molar-refractivity contribution in [1.82, 2.24) is 5.43 Å². The standard InChI is InChI=1S/C20H13BrN4O6/c21-17-7-2-1-6-16(17)20(26)23-22-12-13-4-3-5-15(10-13)31-19-9-8-14(24(27)28)11-18(19)25(29)30/h1-12H,(H,23,26)/b22-12-. The minimum atomic E-state index is -0.759. The summed E-state index contributed by atoms with van der Waals surface area (Å²) in [5.41, 5.74) is 2.42. The van der Waals surface area contributed by atoms with Crippen LogP contribution in [0.5, 0.6) is 11.5 Å². The Morgan fingerprint density at radius 1 is 1.00 bits per heavy atom. The van der Waals surface area contributed by atoms with E-state index < -0.39 is 27.1 Å². The van der Waals surface area contributed by atoms with Gasteiger partial charge in [-0.1, -0.05) is 24.3 Å². The quantitative estimate of drug-likeness (QED) is 0.289. The van der Waals surface area contributed by atoms with Gasteiger partial charge in [0.15, 0.2) is 0 Å². The Morgan fingerprint density at radius 2 is 1.77 bits per heavy atom. The summed E-state index contributed by atoms with van der Waals surface area (Å²) in [5, 5.41) is 26.0. The molecule has 0 aliphatic heterocycles. The zero-order valence-corrected chi connectivity index (χ0v) is 17.2. The number of nitrogens with one attached hydrogen (secondary N) is 1. The van der Waals surface area contributed by atoms with Gasteiger partial charge in [-0.15, -0.1) is 0 Å². The van der Waals surface area contributed by atoms with Crippen LogP contribution < -0.4 is 10.2 Å². The van der Waals surface area contributed by atoms with E-state index in [2.05, 4.69) is 26.5 Å². The molecule has 10 nitrogen and oxygen atoms in total. The first-order valence-corrected chi connectivity index (χ1v) is 9.43. The lowest BCUT2D eigenvalue weighted by atomic mass is 10.2. The third-order valence-corrected chi connectivity index (χ3v) is 4.63. The molecule has 0 unspecified atom stereocenters. The summed E-state index contributed by atoms with van der Waals surface area (Å²) < 4.78 is 6.17. The Morgan fingerprint density at radius 3 is 2.48 bits per heavy atom. The second kappa shape index (κ2) is 9.59. The lowest BCUT2D eigenvalue weighted by Crippen LogP contribution is -2.18. The summed E-state index contributed by atoms with van der Waals surface area (Å²) in [5.74, 6) is -0.303. The minimum Gasteiger partial charge on any atom is -0.450 e. The molecular formula is C20H13BrN4O6. The van der Waals surface area contributed by atoms with Gasteiger partial charge >= 0.3 is 5.69 Å². The molecular weight excluding hydrogens is 472 g/mol. The molecule has 3 aromatic rings. The largest absolute Gasteiger partial charge is 0.450 e. The van der Waals surface area contributed by atoms with Crippen LogP contribution >= 0.6 is 15.9 Å². The number of nitro groups is 2. The van der Waals surface area contributed by atoms with Crippen LogP contribution in [0.25, 0.3) is 0 Å². The number of amides is 1. The molecule has 1 N–H and O–H groups in total. The third kappa shape index (κ3) is 5.48. The fourth-order valence-electron chi connectivity index (χ4n) is 2.50. The van der Waals surface area contributed by atoms with Gasteiger partial charge in [0, 0.05) is 10.5 Å². The fourth-order valence-corrected chi connectivity index (χ4v) is 2.97. The summed E-state index contributed by atoms with van der Waals surface area (Å²) >= 11 is 3.29. The van der Waals surface area contributed by atoms with Crippen molar-refractivity contribution in [3.8, 4) is 11.5 Å². The molecule has 0 aromatic heterocycles. The number of benzene rings is 3. The number of rotatable bonds is 7. The number of hydrogen-bond donors (Lipinski definition) is 1.